The van der Waals surface area contributed by atoms with Gasteiger partial charge in [0.1, 0.15) is 0 Å². The van der Waals surface area contributed by atoms with E-state index in [2.05, 4.69) is 0 Å². The van der Waals surface area contributed by atoms with Gasteiger partial charge in [0.25, 0.3) is 0 Å². The molecule has 0 unspecified atom stereocenters. The molecule has 2 rings (SSSR count). The summed E-state index contributed by atoms with van der Waals surface area (Å²) in [6.45, 7) is 2.01. The first-order valence-corrected chi connectivity index (χ1v) is 5.99. The van der Waals surface area contributed by atoms with Crippen LogP contribution in [-0.2, 0) is 0 Å². The van der Waals surface area contributed by atoms with Crippen LogP contribution in [0.25, 0.3) is 6.08 Å². The van der Waals surface area contributed by atoms with E-state index in [1.807, 2.05) is 43.3 Å². The summed E-state index contributed by atoms with van der Waals surface area (Å²) in [7, 11) is 0. The van der Waals surface area contributed by atoms with Gasteiger partial charge in [-0.3, -0.25) is 4.79 Å². The van der Waals surface area contributed by atoms with E-state index in [4.69, 9.17) is 5.26 Å². The molecule has 0 saturated heterocycles. The number of carbonyl (C=O) groups is 1. The maximum absolute atomic E-state index is 12.0. The number of carbonyl (C=O) groups excluding carboxylic acids is 1. The Balaban J connectivity index is 2.17. The van der Waals surface area contributed by atoms with Gasteiger partial charge in [0.05, 0.1) is 11.6 Å². The standard InChI is InChI=1S/C17H13NO/c1-13-4-2-3-5-15(13)10-11-17(19)16-8-6-14(12-18)7-9-16/h2-11H,1H3. The van der Waals surface area contributed by atoms with Gasteiger partial charge >= 0.3 is 0 Å². The zero-order valence-corrected chi connectivity index (χ0v) is 10.6. The first-order chi connectivity index (χ1) is 9.20. The van der Waals surface area contributed by atoms with Crippen LogP contribution in [0.4, 0.5) is 0 Å². The van der Waals surface area contributed by atoms with Crippen molar-refractivity contribution in [1.29, 1.82) is 5.26 Å². The second kappa shape index (κ2) is 5.79. The number of nitrogens with zero attached hydrogens (tertiary/aromatic N) is 1. The largest absolute Gasteiger partial charge is 0.289 e. The molecule has 0 spiro atoms. The number of ketones is 1. The van der Waals surface area contributed by atoms with Crippen LogP contribution in [-0.4, -0.2) is 5.78 Å². The predicted octanol–water partition coefficient (Wildman–Crippen LogP) is 3.76. The molecule has 0 aliphatic heterocycles. The fourth-order valence-corrected chi connectivity index (χ4v) is 1.74. The monoisotopic (exact) mass is 247 g/mol. The van der Waals surface area contributed by atoms with Crippen molar-refractivity contribution in [3.63, 3.8) is 0 Å². The number of rotatable bonds is 3. The maximum atomic E-state index is 12.0. The minimum absolute atomic E-state index is 0.0623. The summed E-state index contributed by atoms with van der Waals surface area (Å²) in [6, 6.07) is 16.6. The van der Waals surface area contributed by atoms with Gasteiger partial charge in [-0.25, -0.2) is 0 Å². The molecule has 0 amide bonds. The third-order valence-electron chi connectivity index (χ3n) is 2.90. The lowest BCUT2D eigenvalue weighted by molar-refractivity contribution is 0.104. The van der Waals surface area contributed by atoms with E-state index in [0.29, 0.717) is 11.1 Å². The summed E-state index contributed by atoms with van der Waals surface area (Å²) in [6.07, 6.45) is 3.37. The van der Waals surface area contributed by atoms with Crippen molar-refractivity contribution in [3.05, 3.63) is 76.9 Å². The van der Waals surface area contributed by atoms with E-state index in [0.717, 1.165) is 11.1 Å². The van der Waals surface area contributed by atoms with E-state index >= 15 is 0 Å². The van der Waals surface area contributed by atoms with Gasteiger partial charge < -0.3 is 0 Å². The molecule has 2 heteroatoms. The molecule has 0 atom stereocenters. The fraction of sp³-hybridized carbons (Fsp3) is 0.0588. The number of allylic oxidation sites excluding steroid dienone is 1. The van der Waals surface area contributed by atoms with E-state index < -0.39 is 0 Å². The summed E-state index contributed by atoms with van der Waals surface area (Å²) >= 11 is 0. The molecule has 0 bridgehead atoms. The Morgan fingerprint density at radius 3 is 2.42 bits per heavy atom. The van der Waals surface area contributed by atoms with Gasteiger partial charge in [0, 0.05) is 5.56 Å². The summed E-state index contributed by atoms with van der Waals surface area (Å²) in [4.78, 5) is 12.0. The molecule has 0 aliphatic rings. The molecule has 2 nitrogen and oxygen atoms in total. The minimum atomic E-state index is -0.0623. The van der Waals surface area contributed by atoms with Crippen molar-refractivity contribution in [3.8, 4) is 6.07 Å². The third-order valence-corrected chi connectivity index (χ3v) is 2.90. The first-order valence-electron chi connectivity index (χ1n) is 5.99. The molecule has 2 aromatic carbocycles. The first kappa shape index (κ1) is 12.8. The van der Waals surface area contributed by atoms with Crippen molar-refractivity contribution in [1.82, 2.24) is 0 Å². The number of nitriles is 1. The Labute approximate surface area is 112 Å². The van der Waals surface area contributed by atoms with Crippen LogP contribution in [0.3, 0.4) is 0 Å². The van der Waals surface area contributed by atoms with Gasteiger partial charge in [-0.15, -0.1) is 0 Å². The van der Waals surface area contributed by atoms with Crippen LogP contribution < -0.4 is 0 Å². The van der Waals surface area contributed by atoms with Crippen molar-refractivity contribution < 1.29 is 4.79 Å². The lowest BCUT2D eigenvalue weighted by atomic mass is 10.1. The van der Waals surface area contributed by atoms with Gasteiger partial charge in [-0.05, 0) is 48.4 Å². The average Bonchev–Trinajstić information content (AvgIpc) is 2.46. The van der Waals surface area contributed by atoms with E-state index in [1.54, 1.807) is 30.3 Å². The Morgan fingerprint density at radius 1 is 1.11 bits per heavy atom. The van der Waals surface area contributed by atoms with Crippen molar-refractivity contribution in [2.45, 2.75) is 6.92 Å². The van der Waals surface area contributed by atoms with E-state index in [9.17, 15) is 4.79 Å². The van der Waals surface area contributed by atoms with Gasteiger partial charge in [-0.1, -0.05) is 30.3 Å². The highest BCUT2D eigenvalue weighted by atomic mass is 16.1. The Hall–Kier alpha value is -2.66. The smallest absolute Gasteiger partial charge is 0.185 e. The normalized spacial score (nSPS) is 10.3. The Kier molecular flexibility index (Phi) is 3.90. The molecule has 0 fully saturated rings. The van der Waals surface area contributed by atoms with Crippen molar-refractivity contribution in [2.75, 3.05) is 0 Å². The number of hydrogen-bond acceptors (Lipinski definition) is 2. The van der Waals surface area contributed by atoms with Crippen LogP contribution in [0.1, 0.15) is 27.0 Å². The molecule has 2 aromatic rings. The van der Waals surface area contributed by atoms with Crippen LogP contribution in [0, 0.1) is 18.3 Å². The predicted molar refractivity (Wildman–Crippen MR) is 75.7 cm³/mol. The van der Waals surface area contributed by atoms with E-state index in [-0.39, 0.29) is 5.78 Å². The molecule has 0 aromatic heterocycles. The summed E-state index contributed by atoms with van der Waals surface area (Å²) in [5.74, 6) is -0.0623. The number of benzene rings is 2. The van der Waals surface area contributed by atoms with Crippen LogP contribution in [0.15, 0.2) is 54.6 Å². The molecule has 0 saturated carbocycles. The van der Waals surface area contributed by atoms with Crippen molar-refractivity contribution in [2.24, 2.45) is 0 Å². The molecular formula is C17H13NO. The number of hydrogen-bond donors (Lipinski definition) is 0. The molecule has 92 valence electrons. The van der Waals surface area contributed by atoms with Crippen LogP contribution >= 0.6 is 0 Å². The quantitative estimate of drug-likeness (QED) is 0.612. The maximum Gasteiger partial charge on any atom is 0.185 e. The third kappa shape index (κ3) is 3.17. The topological polar surface area (TPSA) is 40.9 Å². The van der Waals surface area contributed by atoms with Gasteiger partial charge in [-0.2, -0.15) is 5.26 Å². The lowest BCUT2D eigenvalue weighted by Crippen LogP contribution is -1.94. The second-order valence-corrected chi connectivity index (χ2v) is 4.24. The van der Waals surface area contributed by atoms with E-state index in [1.165, 1.54) is 0 Å². The molecule has 0 aliphatic carbocycles. The van der Waals surface area contributed by atoms with Gasteiger partial charge in [0.15, 0.2) is 5.78 Å². The highest BCUT2D eigenvalue weighted by molar-refractivity contribution is 6.06. The minimum Gasteiger partial charge on any atom is -0.289 e. The SMILES string of the molecule is Cc1ccccc1C=CC(=O)c1ccc(C#N)cc1. The zero-order valence-electron chi connectivity index (χ0n) is 10.6. The highest BCUT2D eigenvalue weighted by Crippen LogP contribution is 2.11. The molecular weight excluding hydrogens is 234 g/mol. The Bertz CT molecular complexity index is 660. The molecule has 0 N–H and O–H groups in total. The fourth-order valence-electron chi connectivity index (χ4n) is 1.74. The highest BCUT2D eigenvalue weighted by Gasteiger charge is 2.01. The zero-order chi connectivity index (χ0) is 13.7. The van der Waals surface area contributed by atoms with Gasteiger partial charge in [0.2, 0.25) is 0 Å². The molecule has 0 radical (unpaired) electrons. The number of aryl methyl sites for hydroxylation is 1. The average molecular weight is 247 g/mol. The molecule has 19 heavy (non-hydrogen) atoms. The lowest BCUT2D eigenvalue weighted by Gasteiger charge is -1.99. The molecule has 0 heterocycles. The summed E-state index contributed by atoms with van der Waals surface area (Å²) in [5.41, 5.74) is 3.30. The van der Waals surface area contributed by atoms with Crippen LogP contribution in [0.2, 0.25) is 0 Å². The second-order valence-electron chi connectivity index (χ2n) is 4.24. The van der Waals surface area contributed by atoms with Crippen molar-refractivity contribution >= 4 is 11.9 Å². The Morgan fingerprint density at radius 2 is 1.79 bits per heavy atom. The summed E-state index contributed by atoms with van der Waals surface area (Å²) < 4.78 is 0. The summed E-state index contributed by atoms with van der Waals surface area (Å²) in [5, 5.41) is 8.70. The van der Waals surface area contributed by atoms with Crippen LogP contribution in [0.5, 0.6) is 0 Å².